The van der Waals surface area contributed by atoms with E-state index in [1.807, 2.05) is 43.5 Å². The first-order valence-corrected chi connectivity index (χ1v) is 12.6. The third-order valence-electron chi connectivity index (χ3n) is 5.38. The molecule has 2 N–H and O–H groups in total. The maximum absolute atomic E-state index is 13.2. The van der Waals surface area contributed by atoms with Gasteiger partial charge in [-0.1, -0.05) is 43.7 Å². The van der Waals surface area contributed by atoms with Crippen molar-refractivity contribution in [1.29, 1.82) is 0 Å². The van der Waals surface area contributed by atoms with Crippen LogP contribution in [0.1, 0.15) is 47.7 Å². The molecule has 2 rings (SSSR count). The molecule has 0 aliphatic heterocycles. The lowest BCUT2D eigenvalue weighted by Gasteiger charge is -2.18. The van der Waals surface area contributed by atoms with Gasteiger partial charge >= 0.3 is 5.97 Å². The highest BCUT2D eigenvalue weighted by molar-refractivity contribution is 7.98. The number of rotatable bonds is 12. The minimum absolute atomic E-state index is 0.0424. The van der Waals surface area contributed by atoms with Crippen LogP contribution < -0.4 is 10.6 Å². The molecular formula is C26H34N2O4S. The highest BCUT2D eigenvalue weighted by Gasteiger charge is 2.24. The first-order chi connectivity index (χ1) is 15.9. The SMILES string of the molecule is CCCCNC(=O)Cc1ccc(C(=O)N[C@@H](CCSC)C(=O)OC)c(-c2ccccc2C)c1. The van der Waals surface area contributed by atoms with E-state index in [-0.39, 0.29) is 18.2 Å². The Morgan fingerprint density at radius 1 is 1.09 bits per heavy atom. The van der Waals surface area contributed by atoms with Crippen molar-refractivity contribution in [3.63, 3.8) is 0 Å². The number of benzene rings is 2. The number of thioether (sulfide) groups is 1. The van der Waals surface area contributed by atoms with Crippen LogP contribution >= 0.6 is 11.8 Å². The lowest BCUT2D eigenvalue weighted by atomic mass is 9.92. The Kier molecular flexibility index (Phi) is 11.0. The van der Waals surface area contributed by atoms with Crippen LogP contribution in [0.5, 0.6) is 0 Å². The predicted molar refractivity (Wildman–Crippen MR) is 135 cm³/mol. The molecular weight excluding hydrogens is 436 g/mol. The molecule has 2 aromatic carbocycles. The molecule has 0 unspecified atom stereocenters. The van der Waals surface area contributed by atoms with Gasteiger partial charge in [0.05, 0.1) is 13.5 Å². The van der Waals surface area contributed by atoms with E-state index in [0.717, 1.165) is 40.8 Å². The molecule has 0 aliphatic rings. The first-order valence-electron chi connectivity index (χ1n) is 11.2. The van der Waals surface area contributed by atoms with Gasteiger partial charge in [-0.25, -0.2) is 4.79 Å². The van der Waals surface area contributed by atoms with E-state index in [1.165, 1.54) is 7.11 Å². The molecule has 0 aliphatic carbocycles. The molecule has 7 heteroatoms. The van der Waals surface area contributed by atoms with Crippen LogP contribution in [0.4, 0.5) is 0 Å². The Balaban J connectivity index is 2.36. The number of methoxy groups -OCH3 is 1. The van der Waals surface area contributed by atoms with Gasteiger partial charge in [-0.2, -0.15) is 11.8 Å². The topological polar surface area (TPSA) is 84.5 Å². The average molecular weight is 471 g/mol. The Bertz CT molecular complexity index is 961. The van der Waals surface area contributed by atoms with Gasteiger partial charge in [-0.3, -0.25) is 9.59 Å². The second-order valence-electron chi connectivity index (χ2n) is 7.91. The van der Waals surface area contributed by atoms with Gasteiger partial charge in [0.2, 0.25) is 5.91 Å². The zero-order chi connectivity index (χ0) is 24.2. The van der Waals surface area contributed by atoms with Crippen LogP contribution in [0.25, 0.3) is 11.1 Å². The lowest BCUT2D eigenvalue weighted by molar-refractivity contribution is -0.142. The molecule has 0 spiro atoms. The van der Waals surface area contributed by atoms with Gasteiger partial charge in [0.25, 0.3) is 5.91 Å². The van der Waals surface area contributed by atoms with Crippen molar-refractivity contribution in [2.75, 3.05) is 25.7 Å². The second kappa shape index (κ2) is 13.7. The number of hydrogen-bond acceptors (Lipinski definition) is 5. The monoisotopic (exact) mass is 470 g/mol. The fraction of sp³-hybridized carbons (Fsp3) is 0.423. The van der Waals surface area contributed by atoms with Crippen LogP contribution in [-0.4, -0.2) is 49.5 Å². The smallest absolute Gasteiger partial charge is 0.328 e. The van der Waals surface area contributed by atoms with E-state index in [2.05, 4.69) is 17.6 Å². The first kappa shape index (κ1) is 26.5. The second-order valence-corrected chi connectivity index (χ2v) is 8.89. The van der Waals surface area contributed by atoms with E-state index < -0.39 is 12.0 Å². The quantitative estimate of drug-likeness (QED) is 0.360. The molecule has 0 fully saturated rings. The molecule has 0 radical (unpaired) electrons. The number of amides is 2. The molecule has 33 heavy (non-hydrogen) atoms. The number of ether oxygens (including phenoxy) is 1. The summed E-state index contributed by atoms with van der Waals surface area (Å²) in [5.74, 6) is -0.130. The average Bonchev–Trinajstić information content (AvgIpc) is 2.81. The van der Waals surface area contributed by atoms with Crippen molar-refractivity contribution in [3.8, 4) is 11.1 Å². The van der Waals surface area contributed by atoms with Crippen molar-refractivity contribution >= 4 is 29.5 Å². The van der Waals surface area contributed by atoms with Gasteiger partial charge in [-0.15, -0.1) is 0 Å². The number of carbonyl (C=O) groups is 3. The maximum atomic E-state index is 13.2. The molecule has 178 valence electrons. The molecule has 6 nitrogen and oxygen atoms in total. The third kappa shape index (κ3) is 7.93. The number of hydrogen-bond donors (Lipinski definition) is 2. The third-order valence-corrected chi connectivity index (χ3v) is 6.03. The minimum Gasteiger partial charge on any atom is -0.467 e. The molecule has 0 saturated heterocycles. The molecule has 0 saturated carbocycles. The number of unbranched alkanes of at least 4 members (excludes halogenated alkanes) is 1. The summed E-state index contributed by atoms with van der Waals surface area (Å²) in [6.07, 6.45) is 4.63. The lowest BCUT2D eigenvalue weighted by Crippen LogP contribution is -2.42. The van der Waals surface area contributed by atoms with E-state index in [4.69, 9.17) is 4.74 Å². The highest BCUT2D eigenvalue weighted by atomic mass is 32.2. The summed E-state index contributed by atoms with van der Waals surface area (Å²) >= 11 is 1.60. The normalized spacial score (nSPS) is 11.5. The van der Waals surface area contributed by atoms with Crippen molar-refractivity contribution in [2.24, 2.45) is 0 Å². The molecule has 2 aromatic rings. The van der Waals surface area contributed by atoms with Gasteiger partial charge < -0.3 is 15.4 Å². The van der Waals surface area contributed by atoms with Gasteiger partial charge in [0.1, 0.15) is 6.04 Å². The molecule has 1 atom stereocenters. The summed E-state index contributed by atoms with van der Waals surface area (Å²) in [4.78, 5) is 37.8. The van der Waals surface area contributed by atoms with Crippen LogP contribution in [0.2, 0.25) is 0 Å². The molecule has 2 amide bonds. The fourth-order valence-electron chi connectivity index (χ4n) is 3.51. The Labute approximate surface area is 200 Å². The fourth-order valence-corrected chi connectivity index (χ4v) is 3.98. The number of nitrogens with one attached hydrogen (secondary N) is 2. The Morgan fingerprint density at radius 2 is 1.85 bits per heavy atom. The Morgan fingerprint density at radius 3 is 2.52 bits per heavy atom. The number of carbonyl (C=O) groups excluding carboxylic acids is 3. The summed E-state index contributed by atoms with van der Waals surface area (Å²) in [5, 5.41) is 5.77. The number of esters is 1. The zero-order valence-electron chi connectivity index (χ0n) is 19.9. The van der Waals surface area contributed by atoms with E-state index >= 15 is 0 Å². The van der Waals surface area contributed by atoms with Crippen LogP contribution in [0.15, 0.2) is 42.5 Å². The van der Waals surface area contributed by atoms with Gasteiger partial charge in [-0.05, 0) is 66.2 Å². The highest BCUT2D eigenvalue weighted by Crippen LogP contribution is 2.28. The van der Waals surface area contributed by atoms with Crippen molar-refractivity contribution in [1.82, 2.24) is 10.6 Å². The minimum atomic E-state index is -0.719. The van der Waals surface area contributed by atoms with Crippen molar-refractivity contribution in [2.45, 2.75) is 45.6 Å². The summed E-state index contributed by atoms with van der Waals surface area (Å²) < 4.78 is 4.88. The molecule has 0 aromatic heterocycles. The summed E-state index contributed by atoms with van der Waals surface area (Å²) in [5.41, 5.74) is 3.94. The van der Waals surface area contributed by atoms with Crippen molar-refractivity contribution in [3.05, 3.63) is 59.2 Å². The summed E-state index contributed by atoms with van der Waals surface area (Å²) in [6.45, 7) is 4.72. The number of aryl methyl sites for hydroxylation is 1. The zero-order valence-corrected chi connectivity index (χ0v) is 20.7. The van der Waals surface area contributed by atoms with E-state index in [0.29, 0.717) is 18.5 Å². The van der Waals surface area contributed by atoms with Gasteiger partial charge in [0.15, 0.2) is 0 Å². The van der Waals surface area contributed by atoms with E-state index in [1.54, 1.807) is 23.9 Å². The predicted octanol–water partition coefficient (Wildman–Crippen LogP) is 4.15. The van der Waals surface area contributed by atoms with Crippen LogP contribution in [0.3, 0.4) is 0 Å². The summed E-state index contributed by atoms with van der Waals surface area (Å²) in [6, 6.07) is 12.5. The van der Waals surface area contributed by atoms with Crippen LogP contribution in [0, 0.1) is 6.92 Å². The molecule has 0 heterocycles. The van der Waals surface area contributed by atoms with Crippen LogP contribution in [-0.2, 0) is 20.7 Å². The standard InChI is InChI=1S/C26H34N2O4S/c1-5-6-14-27-24(29)17-19-11-12-21(22(16-19)20-10-8-7-9-18(20)2)25(30)28-23(13-15-33-4)26(31)32-3/h7-12,16,23H,5-6,13-15,17H2,1-4H3,(H,27,29)(H,28,30)/t23-/m0/s1. The Hall–Kier alpha value is -2.80. The van der Waals surface area contributed by atoms with Gasteiger partial charge in [0, 0.05) is 12.1 Å². The van der Waals surface area contributed by atoms with Crippen molar-refractivity contribution < 1.29 is 19.1 Å². The van der Waals surface area contributed by atoms with E-state index in [9.17, 15) is 14.4 Å². The largest absolute Gasteiger partial charge is 0.467 e. The molecule has 0 bridgehead atoms. The summed E-state index contributed by atoms with van der Waals surface area (Å²) in [7, 11) is 1.32. The maximum Gasteiger partial charge on any atom is 0.328 e.